The minimum atomic E-state index is -0.189. The number of anilines is 1. The summed E-state index contributed by atoms with van der Waals surface area (Å²) in [5, 5.41) is 12.6. The quantitative estimate of drug-likeness (QED) is 0.911. The Balaban J connectivity index is 2.14. The first-order valence-electron chi connectivity index (χ1n) is 5.33. The highest BCUT2D eigenvalue weighted by atomic mass is 79.9. The van der Waals surface area contributed by atoms with Crippen LogP contribution < -0.4 is 5.32 Å². The number of rotatable bonds is 4. The minimum absolute atomic E-state index is 0.00350. The highest BCUT2D eigenvalue weighted by Crippen LogP contribution is 2.18. The zero-order valence-corrected chi connectivity index (χ0v) is 10.8. The second-order valence-electron chi connectivity index (χ2n) is 3.65. The van der Waals surface area contributed by atoms with E-state index in [9.17, 15) is 5.11 Å². The molecule has 1 atom stereocenters. The molecule has 4 heteroatoms. The van der Waals surface area contributed by atoms with Crippen molar-refractivity contribution in [3.8, 4) is 0 Å². The van der Waals surface area contributed by atoms with Gasteiger partial charge in [-0.05, 0) is 40.2 Å². The Kier molecular flexibility index (Phi) is 4.12. The smallest absolute Gasteiger partial charge is 0.0917 e. The molecule has 1 aromatic heterocycles. The Morgan fingerprint density at radius 1 is 1.18 bits per heavy atom. The third-order valence-corrected chi connectivity index (χ3v) is 2.87. The van der Waals surface area contributed by atoms with Crippen LogP contribution in [0.2, 0.25) is 0 Å². The summed E-state index contributed by atoms with van der Waals surface area (Å²) in [5.41, 5.74) is 1.79. The lowest BCUT2D eigenvalue weighted by molar-refractivity contribution is 0.274. The van der Waals surface area contributed by atoms with Gasteiger partial charge in [0.2, 0.25) is 0 Å². The molecular formula is C13H13BrN2O. The minimum Gasteiger partial charge on any atom is -0.394 e. The topological polar surface area (TPSA) is 45.1 Å². The summed E-state index contributed by atoms with van der Waals surface area (Å²) in [4.78, 5) is 4.28. The number of aliphatic hydroxyl groups excluding tert-OH is 1. The first kappa shape index (κ1) is 12.1. The van der Waals surface area contributed by atoms with E-state index in [1.807, 2.05) is 42.5 Å². The molecule has 1 aromatic carbocycles. The lowest BCUT2D eigenvalue weighted by atomic mass is 10.2. The second kappa shape index (κ2) is 5.80. The predicted octanol–water partition coefficient (Wildman–Crippen LogP) is 2.99. The van der Waals surface area contributed by atoms with Crippen molar-refractivity contribution >= 4 is 21.6 Å². The molecule has 1 heterocycles. The summed E-state index contributed by atoms with van der Waals surface area (Å²) in [6.45, 7) is 0.00350. The Morgan fingerprint density at radius 3 is 2.53 bits per heavy atom. The lowest BCUT2D eigenvalue weighted by Gasteiger charge is -2.17. The summed E-state index contributed by atoms with van der Waals surface area (Å²) in [6.07, 6.45) is 1.73. The maximum absolute atomic E-state index is 9.40. The molecule has 0 amide bonds. The van der Waals surface area contributed by atoms with Gasteiger partial charge in [0.15, 0.2) is 0 Å². The van der Waals surface area contributed by atoms with E-state index >= 15 is 0 Å². The van der Waals surface area contributed by atoms with Crippen LogP contribution >= 0.6 is 15.9 Å². The number of aliphatic hydroxyl groups is 1. The van der Waals surface area contributed by atoms with Crippen molar-refractivity contribution in [3.63, 3.8) is 0 Å². The van der Waals surface area contributed by atoms with E-state index in [0.717, 1.165) is 15.9 Å². The number of halogens is 1. The number of hydrogen-bond acceptors (Lipinski definition) is 3. The van der Waals surface area contributed by atoms with Gasteiger partial charge in [0.25, 0.3) is 0 Å². The number of pyridine rings is 1. The van der Waals surface area contributed by atoms with Crippen molar-refractivity contribution in [2.75, 3.05) is 11.9 Å². The molecule has 0 bridgehead atoms. The standard InChI is InChI=1S/C13H13BrN2O/c14-10-6-7-12(15-8-10)13(9-17)16-11-4-2-1-3-5-11/h1-8,13,16-17H,9H2. The van der Waals surface area contributed by atoms with E-state index in [1.165, 1.54) is 0 Å². The molecule has 0 fully saturated rings. The van der Waals surface area contributed by atoms with E-state index < -0.39 is 0 Å². The molecule has 3 nitrogen and oxygen atoms in total. The summed E-state index contributed by atoms with van der Waals surface area (Å²) in [6, 6.07) is 13.4. The fourth-order valence-electron chi connectivity index (χ4n) is 1.54. The van der Waals surface area contributed by atoms with Crippen LogP contribution in [-0.2, 0) is 0 Å². The number of benzene rings is 1. The molecule has 0 saturated heterocycles. The van der Waals surface area contributed by atoms with Crippen LogP contribution in [-0.4, -0.2) is 16.7 Å². The molecule has 17 heavy (non-hydrogen) atoms. The van der Waals surface area contributed by atoms with Crippen LogP contribution in [0.4, 0.5) is 5.69 Å². The van der Waals surface area contributed by atoms with E-state index in [4.69, 9.17) is 0 Å². The van der Waals surface area contributed by atoms with Gasteiger partial charge in [-0.25, -0.2) is 0 Å². The third-order valence-electron chi connectivity index (χ3n) is 2.40. The van der Waals surface area contributed by atoms with Gasteiger partial charge in [-0.3, -0.25) is 4.98 Å². The van der Waals surface area contributed by atoms with Crippen molar-refractivity contribution in [1.82, 2.24) is 4.98 Å². The van der Waals surface area contributed by atoms with Gasteiger partial charge >= 0.3 is 0 Å². The SMILES string of the molecule is OCC(Nc1ccccc1)c1ccc(Br)cn1. The fourth-order valence-corrected chi connectivity index (χ4v) is 1.78. The van der Waals surface area contributed by atoms with Gasteiger partial charge in [0.1, 0.15) is 0 Å². The van der Waals surface area contributed by atoms with E-state index in [2.05, 4.69) is 26.2 Å². The van der Waals surface area contributed by atoms with E-state index in [-0.39, 0.29) is 12.6 Å². The molecule has 2 N–H and O–H groups in total. The van der Waals surface area contributed by atoms with Crippen molar-refractivity contribution in [1.29, 1.82) is 0 Å². The van der Waals surface area contributed by atoms with Crippen molar-refractivity contribution in [2.45, 2.75) is 6.04 Å². The molecular weight excluding hydrogens is 280 g/mol. The first-order valence-corrected chi connectivity index (χ1v) is 6.13. The molecule has 2 aromatic rings. The normalized spacial score (nSPS) is 12.1. The zero-order chi connectivity index (χ0) is 12.1. The first-order chi connectivity index (χ1) is 8.29. The summed E-state index contributed by atoms with van der Waals surface area (Å²) in [7, 11) is 0. The van der Waals surface area contributed by atoms with Gasteiger partial charge in [-0.2, -0.15) is 0 Å². The second-order valence-corrected chi connectivity index (χ2v) is 4.56. The molecule has 1 unspecified atom stereocenters. The number of para-hydroxylation sites is 1. The van der Waals surface area contributed by atoms with Crippen LogP contribution in [0, 0.1) is 0 Å². The molecule has 0 saturated carbocycles. The van der Waals surface area contributed by atoms with Crippen LogP contribution in [0.15, 0.2) is 53.1 Å². The van der Waals surface area contributed by atoms with E-state index in [0.29, 0.717) is 0 Å². The van der Waals surface area contributed by atoms with Crippen molar-refractivity contribution in [3.05, 3.63) is 58.8 Å². The highest BCUT2D eigenvalue weighted by Gasteiger charge is 2.11. The fraction of sp³-hybridized carbons (Fsp3) is 0.154. The van der Waals surface area contributed by atoms with Gasteiger partial charge in [0.05, 0.1) is 18.3 Å². The van der Waals surface area contributed by atoms with Gasteiger partial charge in [0, 0.05) is 16.4 Å². The maximum atomic E-state index is 9.40. The molecule has 0 aliphatic heterocycles. The van der Waals surface area contributed by atoms with Gasteiger partial charge in [-0.1, -0.05) is 18.2 Å². The largest absolute Gasteiger partial charge is 0.394 e. The summed E-state index contributed by atoms with van der Waals surface area (Å²) in [5.74, 6) is 0. The Hall–Kier alpha value is -1.39. The number of nitrogens with one attached hydrogen (secondary N) is 1. The number of hydrogen-bond donors (Lipinski definition) is 2. The molecule has 0 radical (unpaired) electrons. The Bertz CT molecular complexity index is 459. The van der Waals surface area contributed by atoms with Crippen LogP contribution in [0.1, 0.15) is 11.7 Å². The molecule has 2 rings (SSSR count). The van der Waals surface area contributed by atoms with Gasteiger partial charge < -0.3 is 10.4 Å². The summed E-state index contributed by atoms with van der Waals surface area (Å²) < 4.78 is 0.928. The van der Waals surface area contributed by atoms with Crippen LogP contribution in [0.25, 0.3) is 0 Å². The third kappa shape index (κ3) is 3.28. The van der Waals surface area contributed by atoms with Gasteiger partial charge in [-0.15, -0.1) is 0 Å². The molecule has 0 aliphatic carbocycles. The van der Waals surface area contributed by atoms with Crippen LogP contribution in [0.5, 0.6) is 0 Å². The molecule has 0 spiro atoms. The maximum Gasteiger partial charge on any atom is 0.0917 e. The Morgan fingerprint density at radius 2 is 1.94 bits per heavy atom. The molecule has 0 aliphatic rings. The predicted molar refractivity (Wildman–Crippen MR) is 71.8 cm³/mol. The summed E-state index contributed by atoms with van der Waals surface area (Å²) >= 11 is 3.34. The zero-order valence-electron chi connectivity index (χ0n) is 9.18. The number of nitrogens with zero attached hydrogens (tertiary/aromatic N) is 1. The van der Waals surface area contributed by atoms with E-state index in [1.54, 1.807) is 6.20 Å². The highest BCUT2D eigenvalue weighted by molar-refractivity contribution is 9.10. The molecule has 88 valence electrons. The van der Waals surface area contributed by atoms with Crippen molar-refractivity contribution in [2.24, 2.45) is 0 Å². The monoisotopic (exact) mass is 292 g/mol. The lowest BCUT2D eigenvalue weighted by Crippen LogP contribution is -2.16. The average Bonchev–Trinajstić information content (AvgIpc) is 2.38. The average molecular weight is 293 g/mol. The van der Waals surface area contributed by atoms with Crippen LogP contribution in [0.3, 0.4) is 0 Å². The number of aromatic nitrogens is 1. The van der Waals surface area contributed by atoms with Crippen molar-refractivity contribution < 1.29 is 5.11 Å². The Labute approximate surface area is 109 Å².